The minimum atomic E-state index is -0.343. The van der Waals surface area contributed by atoms with Crippen molar-refractivity contribution in [3.05, 3.63) is 53.9 Å². The van der Waals surface area contributed by atoms with Crippen LogP contribution in [0.3, 0.4) is 0 Å². The van der Waals surface area contributed by atoms with E-state index in [9.17, 15) is 9.59 Å². The zero-order chi connectivity index (χ0) is 19.2. The normalized spacial score (nSPS) is 12.1. The molecule has 3 rings (SSSR count). The Bertz CT molecular complexity index is 936. The van der Waals surface area contributed by atoms with Crippen LogP contribution >= 0.6 is 11.8 Å². The van der Waals surface area contributed by atoms with Crippen molar-refractivity contribution in [1.82, 2.24) is 25.2 Å². The number of fused-ring (bicyclic) bond motifs is 1. The number of hydrogen-bond acceptors (Lipinski definition) is 6. The van der Waals surface area contributed by atoms with Crippen LogP contribution in [0.2, 0.25) is 0 Å². The van der Waals surface area contributed by atoms with E-state index < -0.39 is 0 Å². The van der Waals surface area contributed by atoms with Crippen LogP contribution in [-0.2, 0) is 4.79 Å². The van der Waals surface area contributed by atoms with Crippen LogP contribution in [-0.4, -0.2) is 45.0 Å². The van der Waals surface area contributed by atoms with Gasteiger partial charge in [-0.2, -0.15) is 11.8 Å². The van der Waals surface area contributed by atoms with Gasteiger partial charge in [-0.05, 0) is 43.6 Å². The molecule has 2 N–H and O–H groups in total. The lowest BCUT2D eigenvalue weighted by Crippen LogP contribution is -2.39. The summed E-state index contributed by atoms with van der Waals surface area (Å²) in [6, 6.07) is 6.91. The summed E-state index contributed by atoms with van der Waals surface area (Å²) in [5.74, 6) is 1.41. The summed E-state index contributed by atoms with van der Waals surface area (Å²) in [4.78, 5) is 24.5. The van der Waals surface area contributed by atoms with Crippen molar-refractivity contribution in [3.8, 4) is 0 Å². The SMILES string of the molecule is CSCCC(NC(=O)CNC(=O)c1ccoc1C)c1nnc2ccccn12. The van der Waals surface area contributed by atoms with E-state index in [1.165, 1.54) is 6.26 Å². The summed E-state index contributed by atoms with van der Waals surface area (Å²) in [5.41, 5.74) is 1.14. The molecule has 2 amide bonds. The lowest BCUT2D eigenvalue weighted by Gasteiger charge is -2.17. The second-order valence-electron chi connectivity index (χ2n) is 5.96. The molecule has 3 aromatic rings. The van der Waals surface area contributed by atoms with Crippen molar-refractivity contribution >= 4 is 29.2 Å². The highest BCUT2D eigenvalue weighted by Crippen LogP contribution is 2.18. The van der Waals surface area contributed by atoms with Crippen molar-refractivity contribution in [3.63, 3.8) is 0 Å². The Kier molecular flexibility index (Phi) is 6.12. The van der Waals surface area contributed by atoms with E-state index in [-0.39, 0.29) is 24.4 Å². The molecule has 0 aromatic carbocycles. The monoisotopic (exact) mass is 387 g/mol. The number of amides is 2. The van der Waals surface area contributed by atoms with Crippen molar-refractivity contribution in [1.29, 1.82) is 0 Å². The summed E-state index contributed by atoms with van der Waals surface area (Å²) >= 11 is 1.69. The predicted molar refractivity (Wildman–Crippen MR) is 103 cm³/mol. The summed E-state index contributed by atoms with van der Waals surface area (Å²) in [6.07, 6.45) is 6.02. The van der Waals surface area contributed by atoms with Crippen molar-refractivity contribution in [2.45, 2.75) is 19.4 Å². The molecule has 1 atom stereocenters. The average Bonchev–Trinajstić information content (AvgIpc) is 3.29. The first kappa shape index (κ1) is 19.0. The molecular weight excluding hydrogens is 366 g/mol. The first-order chi connectivity index (χ1) is 13.1. The highest BCUT2D eigenvalue weighted by molar-refractivity contribution is 7.98. The second kappa shape index (κ2) is 8.72. The van der Waals surface area contributed by atoms with Gasteiger partial charge in [0.05, 0.1) is 24.4 Å². The Morgan fingerprint density at radius 1 is 1.30 bits per heavy atom. The van der Waals surface area contributed by atoms with Crippen LogP contribution in [0.15, 0.2) is 41.1 Å². The fraction of sp³-hybridized carbons (Fsp3) is 0.333. The maximum absolute atomic E-state index is 12.4. The Morgan fingerprint density at radius 3 is 2.89 bits per heavy atom. The Labute approximate surface area is 160 Å². The van der Waals surface area contributed by atoms with Gasteiger partial charge in [0, 0.05) is 6.20 Å². The third-order valence-corrected chi connectivity index (χ3v) is 4.75. The van der Waals surface area contributed by atoms with Crippen molar-refractivity contribution in [2.24, 2.45) is 0 Å². The standard InChI is InChI=1S/C18H21N5O3S/c1-12-13(6-9-26-12)18(25)19-11-16(24)20-14(7-10-27-2)17-22-21-15-5-3-4-8-23(15)17/h3-6,8-9,14H,7,10-11H2,1-2H3,(H,19,25)(H,20,24). The third-order valence-electron chi connectivity index (χ3n) is 4.11. The molecule has 0 fully saturated rings. The fourth-order valence-corrected chi connectivity index (χ4v) is 3.19. The molecule has 8 nitrogen and oxygen atoms in total. The van der Waals surface area contributed by atoms with E-state index in [2.05, 4.69) is 20.8 Å². The molecule has 27 heavy (non-hydrogen) atoms. The van der Waals surface area contributed by atoms with E-state index in [1.54, 1.807) is 24.8 Å². The smallest absolute Gasteiger partial charge is 0.255 e. The van der Waals surface area contributed by atoms with Gasteiger partial charge in [0.2, 0.25) is 5.91 Å². The van der Waals surface area contributed by atoms with Crippen LogP contribution in [0.1, 0.15) is 34.4 Å². The van der Waals surface area contributed by atoms with Gasteiger partial charge >= 0.3 is 0 Å². The maximum atomic E-state index is 12.4. The number of nitrogens with one attached hydrogen (secondary N) is 2. The Hall–Kier alpha value is -2.81. The molecule has 142 valence electrons. The van der Waals surface area contributed by atoms with Gasteiger partial charge in [-0.15, -0.1) is 10.2 Å². The molecule has 0 aliphatic carbocycles. The predicted octanol–water partition coefficient (Wildman–Crippen LogP) is 1.97. The average molecular weight is 387 g/mol. The van der Waals surface area contributed by atoms with E-state index >= 15 is 0 Å². The second-order valence-corrected chi connectivity index (χ2v) is 6.95. The number of rotatable bonds is 8. The molecule has 0 bridgehead atoms. The van der Waals surface area contributed by atoms with Crippen LogP contribution in [0, 0.1) is 6.92 Å². The van der Waals surface area contributed by atoms with Crippen molar-refractivity contribution < 1.29 is 14.0 Å². The Balaban J connectivity index is 1.66. The third kappa shape index (κ3) is 4.48. The van der Waals surface area contributed by atoms with E-state index in [4.69, 9.17) is 4.42 Å². The molecule has 3 aromatic heterocycles. The quantitative estimate of drug-likeness (QED) is 0.613. The molecule has 1 unspecified atom stereocenters. The number of carbonyl (C=O) groups excluding carboxylic acids is 2. The first-order valence-electron chi connectivity index (χ1n) is 8.50. The van der Waals surface area contributed by atoms with Gasteiger partial charge in [0.15, 0.2) is 11.5 Å². The van der Waals surface area contributed by atoms with Gasteiger partial charge in [0.25, 0.3) is 5.91 Å². The van der Waals surface area contributed by atoms with Gasteiger partial charge < -0.3 is 15.1 Å². The van der Waals surface area contributed by atoms with E-state index in [0.29, 0.717) is 23.6 Å². The highest BCUT2D eigenvalue weighted by atomic mass is 32.2. The Morgan fingerprint density at radius 2 is 2.15 bits per heavy atom. The van der Waals surface area contributed by atoms with Crippen LogP contribution in [0.25, 0.3) is 5.65 Å². The lowest BCUT2D eigenvalue weighted by molar-refractivity contribution is -0.121. The number of nitrogens with zero attached hydrogens (tertiary/aromatic N) is 3. The zero-order valence-corrected chi connectivity index (χ0v) is 16.0. The number of aromatic nitrogens is 3. The summed E-state index contributed by atoms with van der Waals surface area (Å²) in [6.45, 7) is 1.57. The van der Waals surface area contributed by atoms with Crippen LogP contribution in [0.5, 0.6) is 0 Å². The van der Waals surface area contributed by atoms with Gasteiger partial charge in [0.1, 0.15) is 5.76 Å². The van der Waals surface area contributed by atoms with Gasteiger partial charge in [-0.3, -0.25) is 14.0 Å². The number of pyridine rings is 1. The summed E-state index contributed by atoms with van der Waals surface area (Å²) < 4.78 is 6.97. The van der Waals surface area contributed by atoms with Crippen LogP contribution in [0.4, 0.5) is 0 Å². The first-order valence-corrected chi connectivity index (χ1v) is 9.89. The molecule has 0 spiro atoms. The topological polar surface area (TPSA) is 102 Å². The molecule has 0 saturated carbocycles. The number of aryl methyl sites for hydroxylation is 1. The number of furan rings is 1. The molecule has 0 radical (unpaired) electrons. The number of carbonyl (C=O) groups is 2. The largest absolute Gasteiger partial charge is 0.469 e. The lowest BCUT2D eigenvalue weighted by atomic mass is 10.2. The zero-order valence-electron chi connectivity index (χ0n) is 15.1. The molecule has 0 aliphatic rings. The molecular formula is C18H21N5O3S. The van der Waals surface area contributed by atoms with Gasteiger partial charge in [-0.25, -0.2) is 0 Å². The molecule has 0 aliphatic heterocycles. The number of hydrogen-bond donors (Lipinski definition) is 2. The summed E-state index contributed by atoms with van der Waals surface area (Å²) in [7, 11) is 0. The minimum Gasteiger partial charge on any atom is -0.469 e. The minimum absolute atomic E-state index is 0.129. The summed E-state index contributed by atoms with van der Waals surface area (Å²) in [5, 5.41) is 13.9. The fourth-order valence-electron chi connectivity index (χ4n) is 2.72. The number of thioether (sulfide) groups is 1. The molecule has 0 saturated heterocycles. The van der Waals surface area contributed by atoms with Crippen LogP contribution < -0.4 is 10.6 Å². The van der Waals surface area contributed by atoms with Crippen molar-refractivity contribution in [2.75, 3.05) is 18.6 Å². The molecule has 3 heterocycles. The highest BCUT2D eigenvalue weighted by Gasteiger charge is 2.21. The van der Waals surface area contributed by atoms with E-state index in [1.807, 2.05) is 35.1 Å². The van der Waals surface area contributed by atoms with E-state index in [0.717, 1.165) is 11.4 Å². The maximum Gasteiger partial charge on any atom is 0.255 e. The molecule has 9 heteroatoms. The van der Waals surface area contributed by atoms with Gasteiger partial charge in [-0.1, -0.05) is 6.07 Å².